The first-order valence-electron chi connectivity index (χ1n) is 13.3. The van der Waals surface area contributed by atoms with E-state index in [4.69, 9.17) is 0 Å². The molecule has 1 aromatic heterocycles. The van der Waals surface area contributed by atoms with Crippen molar-refractivity contribution in [2.24, 2.45) is 23.2 Å². The van der Waals surface area contributed by atoms with Crippen LogP contribution in [0.4, 0.5) is 5.95 Å². The summed E-state index contributed by atoms with van der Waals surface area (Å²) in [5.74, 6) is 3.76. The second kappa shape index (κ2) is 8.77. The van der Waals surface area contributed by atoms with Crippen LogP contribution < -0.4 is 4.90 Å². The lowest BCUT2D eigenvalue weighted by atomic mass is 9.49. The number of hydrogen-bond acceptors (Lipinski definition) is 6. The van der Waals surface area contributed by atoms with Gasteiger partial charge in [-0.15, -0.1) is 0 Å². The van der Waals surface area contributed by atoms with E-state index in [0.717, 1.165) is 82.2 Å². The highest BCUT2D eigenvalue weighted by Crippen LogP contribution is 2.60. The van der Waals surface area contributed by atoms with E-state index in [2.05, 4.69) is 24.7 Å². The average Bonchev–Trinajstić information content (AvgIpc) is 2.87. The summed E-state index contributed by atoms with van der Waals surface area (Å²) in [6.45, 7) is 8.06. The number of anilines is 1. The molecule has 0 N–H and O–H groups in total. The molecule has 4 saturated carbocycles. The summed E-state index contributed by atoms with van der Waals surface area (Å²) in [4.78, 5) is 44.1. The summed E-state index contributed by atoms with van der Waals surface area (Å²) in [5.41, 5.74) is -0.0551. The van der Waals surface area contributed by atoms with Gasteiger partial charge in [0.25, 0.3) is 0 Å². The van der Waals surface area contributed by atoms with Crippen LogP contribution in [0.3, 0.4) is 0 Å². The molecule has 0 spiro atoms. The summed E-state index contributed by atoms with van der Waals surface area (Å²) in [7, 11) is 0. The Labute approximate surface area is 202 Å². The highest BCUT2D eigenvalue weighted by molar-refractivity contribution is 5.84. The molecule has 2 saturated heterocycles. The summed E-state index contributed by atoms with van der Waals surface area (Å²) in [6, 6.07) is 1.68. The van der Waals surface area contributed by atoms with E-state index < -0.39 is 0 Å². The summed E-state index contributed by atoms with van der Waals surface area (Å²) in [5, 5.41) is 0. The molecule has 8 heteroatoms. The number of amides is 2. The van der Waals surface area contributed by atoms with Gasteiger partial charge in [0.05, 0.1) is 11.5 Å². The van der Waals surface area contributed by atoms with E-state index in [1.54, 1.807) is 12.4 Å². The van der Waals surface area contributed by atoms with Crippen LogP contribution in [-0.2, 0) is 9.59 Å². The molecular weight excluding hydrogens is 428 g/mol. The van der Waals surface area contributed by atoms with E-state index in [9.17, 15) is 9.59 Å². The summed E-state index contributed by atoms with van der Waals surface area (Å²) in [6.07, 6.45) is 11.0. The first kappa shape index (κ1) is 22.3. The van der Waals surface area contributed by atoms with Crippen LogP contribution in [0.1, 0.15) is 45.4 Å². The smallest absolute Gasteiger partial charge is 0.239 e. The monoisotopic (exact) mass is 466 g/mol. The van der Waals surface area contributed by atoms with Crippen molar-refractivity contribution < 1.29 is 9.59 Å². The van der Waals surface area contributed by atoms with Crippen LogP contribution in [-0.4, -0.2) is 94.9 Å². The maximum absolute atomic E-state index is 13.7. The summed E-state index contributed by atoms with van der Waals surface area (Å²) < 4.78 is 0. The molecule has 3 heterocycles. The van der Waals surface area contributed by atoms with Gasteiger partial charge in [-0.3, -0.25) is 14.5 Å². The third-order valence-electron chi connectivity index (χ3n) is 9.42. The third-order valence-corrected chi connectivity index (χ3v) is 9.42. The van der Waals surface area contributed by atoms with Crippen molar-refractivity contribution in [3.05, 3.63) is 18.5 Å². The van der Waals surface area contributed by atoms with Crippen molar-refractivity contribution in [1.82, 2.24) is 24.7 Å². The van der Waals surface area contributed by atoms with Gasteiger partial charge in [-0.1, -0.05) is 0 Å². The molecule has 2 aliphatic heterocycles. The fourth-order valence-corrected chi connectivity index (χ4v) is 8.02. The van der Waals surface area contributed by atoms with Gasteiger partial charge in [0.1, 0.15) is 0 Å². The Bertz CT molecular complexity index is 872. The lowest BCUT2D eigenvalue weighted by molar-refractivity contribution is -0.160. The Kier molecular flexibility index (Phi) is 5.74. The van der Waals surface area contributed by atoms with Crippen molar-refractivity contribution in [1.29, 1.82) is 0 Å². The van der Waals surface area contributed by atoms with Crippen LogP contribution in [0.5, 0.6) is 0 Å². The first-order chi connectivity index (χ1) is 16.5. The largest absolute Gasteiger partial charge is 0.340 e. The second-order valence-electron chi connectivity index (χ2n) is 11.6. The normalized spacial score (nSPS) is 34.4. The molecule has 6 aliphatic rings. The average molecular weight is 467 g/mol. The van der Waals surface area contributed by atoms with Crippen molar-refractivity contribution in [2.45, 2.75) is 51.5 Å². The van der Waals surface area contributed by atoms with E-state index in [1.807, 2.05) is 17.9 Å². The Morgan fingerprint density at radius 1 is 0.824 bits per heavy atom. The van der Waals surface area contributed by atoms with Crippen LogP contribution in [0.25, 0.3) is 0 Å². The molecule has 8 nitrogen and oxygen atoms in total. The molecule has 1 atom stereocenters. The third kappa shape index (κ3) is 3.97. The predicted molar refractivity (Wildman–Crippen MR) is 129 cm³/mol. The molecule has 4 bridgehead atoms. The summed E-state index contributed by atoms with van der Waals surface area (Å²) >= 11 is 0. The van der Waals surface area contributed by atoms with Crippen molar-refractivity contribution in [2.75, 3.05) is 57.3 Å². The van der Waals surface area contributed by atoms with Crippen LogP contribution in [0, 0.1) is 23.2 Å². The second-order valence-corrected chi connectivity index (χ2v) is 11.6. The molecule has 1 aromatic rings. The number of carbonyl (C=O) groups excluding carboxylic acids is 2. The number of nitrogens with zero attached hydrogens (tertiary/aromatic N) is 6. The van der Waals surface area contributed by atoms with E-state index in [1.165, 1.54) is 19.3 Å². The molecular formula is C26H38N6O2. The van der Waals surface area contributed by atoms with Gasteiger partial charge in [0.2, 0.25) is 17.8 Å². The number of aromatic nitrogens is 2. The Balaban J connectivity index is 1.01. The van der Waals surface area contributed by atoms with Gasteiger partial charge in [-0.05, 0) is 69.3 Å². The molecule has 7 rings (SSSR count). The molecule has 184 valence electrons. The zero-order valence-corrected chi connectivity index (χ0v) is 20.4. The van der Waals surface area contributed by atoms with Gasteiger partial charge >= 0.3 is 0 Å². The fraction of sp³-hybridized carbons (Fsp3) is 0.769. The van der Waals surface area contributed by atoms with E-state index in [-0.39, 0.29) is 17.4 Å². The number of hydrogen-bond donors (Lipinski definition) is 0. The maximum atomic E-state index is 13.7. The quantitative estimate of drug-likeness (QED) is 0.675. The Morgan fingerprint density at radius 2 is 1.35 bits per heavy atom. The van der Waals surface area contributed by atoms with Gasteiger partial charge in [-0.2, -0.15) is 0 Å². The van der Waals surface area contributed by atoms with Crippen LogP contribution in [0.2, 0.25) is 0 Å². The molecule has 4 aliphatic carbocycles. The maximum Gasteiger partial charge on any atom is 0.239 e. The molecule has 2 amide bonds. The number of piperazine rings is 2. The molecule has 0 radical (unpaired) electrons. The fourth-order valence-electron chi connectivity index (χ4n) is 8.02. The minimum atomic E-state index is -0.142. The first-order valence-corrected chi connectivity index (χ1v) is 13.3. The Hall–Kier alpha value is -2.22. The van der Waals surface area contributed by atoms with E-state index in [0.29, 0.717) is 19.0 Å². The standard InChI is InChI=1S/C26H38N6O2/c1-19(23(33)30-7-11-32(12-8-30)25-27-3-2-4-28-25)29-5-9-31(10-6-29)24(34)26-16-20-13-21(17-26)15-22(14-20)18-26/h2-4,19-22H,5-18H2,1H3. The SMILES string of the molecule is CC(C(=O)N1CCN(c2ncccn2)CC1)N1CCN(C(=O)C23CC4CC(CC(C4)C2)C3)CC1. The minimum Gasteiger partial charge on any atom is -0.340 e. The van der Waals surface area contributed by atoms with Gasteiger partial charge < -0.3 is 14.7 Å². The highest BCUT2D eigenvalue weighted by Gasteiger charge is 2.55. The van der Waals surface area contributed by atoms with Crippen molar-refractivity contribution in [3.63, 3.8) is 0 Å². The lowest BCUT2D eigenvalue weighted by Crippen LogP contribution is -2.61. The van der Waals surface area contributed by atoms with Gasteiger partial charge in [0, 0.05) is 64.8 Å². The van der Waals surface area contributed by atoms with Crippen LogP contribution >= 0.6 is 0 Å². The van der Waals surface area contributed by atoms with Crippen LogP contribution in [0.15, 0.2) is 18.5 Å². The van der Waals surface area contributed by atoms with Crippen molar-refractivity contribution in [3.8, 4) is 0 Å². The van der Waals surface area contributed by atoms with Gasteiger partial charge in [0.15, 0.2) is 0 Å². The Morgan fingerprint density at radius 3 is 1.91 bits per heavy atom. The molecule has 6 fully saturated rings. The molecule has 1 unspecified atom stereocenters. The van der Waals surface area contributed by atoms with E-state index >= 15 is 0 Å². The minimum absolute atomic E-state index is 0.0551. The van der Waals surface area contributed by atoms with Crippen molar-refractivity contribution >= 4 is 17.8 Å². The zero-order chi connectivity index (χ0) is 23.3. The van der Waals surface area contributed by atoms with Gasteiger partial charge in [-0.25, -0.2) is 9.97 Å². The highest BCUT2D eigenvalue weighted by atomic mass is 16.2. The predicted octanol–water partition coefficient (Wildman–Crippen LogP) is 1.87. The number of rotatable bonds is 4. The number of carbonyl (C=O) groups is 2. The zero-order valence-electron chi connectivity index (χ0n) is 20.4. The molecule has 0 aromatic carbocycles. The topological polar surface area (TPSA) is 72.9 Å². The molecule has 34 heavy (non-hydrogen) atoms. The lowest BCUT2D eigenvalue weighted by Gasteiger charge is -2.57.